The van der Waals surface area contributed by atoms with Crippen LogP contribution in [0.3, 0.4) is 0 Å². The Hall–Kier alpha value is -2.70. The molecule has 0 fully saturated rings. The number of aromatic nitrogens is 1. The number of hydrogen-bond acceptors (Lipinski definition) is 5. The normalized spacial score (nSPS) is 13.5. The number of carbonyl (C=O) groups is 1. The van der Waals surface area contributed by atoms with Gasteiger partial charge in [-0.05, 0) is 55.2 Å². The van der Waals surface area contributed by atoms with Crippen molar-refractivity contribution in [1.82, 2.24) is 10.5 Å². The third kappa shape index (κ3) is 3.61. The van der Waals surface area contributed by atoms with E-state index in [0.717, 1.165) is 22.2 Å². The Kier molecular flexibility index (Phi) is 5.06. The Labute approximate surface area is 151 Å². The minimum atomic E-state index is -1.14. The zero-order valence-electron chi connectivity index (χ0n) is 14.8. The fourth-order valence-electron chi connectivity index (χ4n) is 2.98. The highest BCUT2D eigenvalue weighted by Gasteiger charge is 2.28. The molecule has 0 saturated carbocycles. The molecule has 3 rings (SSSR count). The Bertz CT molecular complexity index is 917. The van der Waals surface area contributed by atoms with Crippen LogP contribution in [0, 0.1) is 6.92 Å². The summed E-state index contributed by atoms with van der Waals surface area (Å²) in [6.45, 7) is 3.85. The third-order valence-corrected chi connectivity index (χ3v) is 4.69. The number of aliphatic hydroxyl groups is 1. The van der Waals surface area contributed by atoms with Gasteiger partial charge in [0.15, 0.2) is 5.58 Å². The Balaban J connectivity index is 1.85. The number of amides is 1. The van der Waals surface area contributed by atoms with Crippen molar-refractivity contribution in [2.24, 2.45) is 0 Å². The maximum Gasteiger partial charge on any atom is 0.243 e. The van der Waals surface area contributed by atoms with Gasteiger partial charge in [-0.15, -0.1) is 0 Å². The average molecular weight is 354 g/mol. The topological polar surface area (TPSA) is 95.6 Å². The molecule has 26 heavy (non-hydrogen) atoms. The molecule has 0 aliphatic carbocycles. The summed E-state index contributed by atoms with van der Waals surface area (Å²) in [4.78, 5) is 15.8. The van der Waals surface area contributed by atoms with Crippen molar-refractivity contribution < 1.29 is 19.5 Å². The van der Waals surface area contributed by atoms with E-state index in [1.165, 1.54) is 0 Å². The van der Waals surface area contributed by atoms with Crippen LogP contribution < -0.4 is 5.48 Å². The van der Waals surface area contributed by atoms with Crippen LogP contribution in [0.15, 0.2) is 46.9 Å². The summed E-state index contributed by atoms with van der Waals surface area (Å²) in [6.07, 6.45) is 0.706. The van der Waals surface area contributed by atoms with Gasteiger partial charge in [0.1, 0.15) is 5.52 Å². The molecule has 6 heteroatoms. The van der Waals surface area contributed by atoms with Crippen LogP contribution in [0.4, 0.5) is 0 Å². The van der Waals surface area contributed by atoms with Crippen molar-refractivity contribution in [3.8, 4) is 11.5 Å². The summed E-state index contributed by atoms with van der Waals surface area (Å²) in [5, 5.41) is 19.5. The molecule has 3 N–H and O–H groups in total. The molecule has 1 aromatic heterocycles. The molecule has 1 atom stereocenters. The van der Waals surface area contributed by atoms with Crippen molar-refractivity contribution in [2.75, 3.05) is 0 Å². The predicted molar refractivity (Wildman–Crippen MR) is 97.5 cm³/mol. The molecule has 1 heterocycles. The predicted octanol–water partition coefficient (Wildman–Crippen LogP) is 3.69. The first-order chi connectivity index (χ1) is 12.4. The number of hydrogen-bond donors (Lipinski definition) is 3. The number of nitrogens with zero attached hydrogens (tertiary/aromatic N) is 1. The molecule has 1 amide bonds. The van der Waals surface area contributed by atoms with Gasteiger partial charge in [-0.2, -0.15) is 0 Å². The minimum Gasteiger partial charge on any atom is -0.436 e. The second kappa shape index (κ2) is 7.27. The smallest absolute Gasteiger partial charge is 0.243 e. The van der Waals surface area contributed by atoms with Crippen LogP contribution in [0.2, 0.25) is 0 Å². The SMILES string of the molecule is CC[C@@](O)(CCC(=O)NO)c1ccc(-c2nc3ccc(C)cc3o2)cc1. The quantitative estimate of drug-likeness (QED) is 0.463. The van der Waals surface area contributed by atoms with Crippen molar-refractivity contribution in [3.05, 3.63) is 53.6 Å². The van der Waals surface area contributed by atoms with Crippen molar-refractivity contribution >= 4 is 17.0 Å². The number of hydroxylamine groups is 1. The number of rotatable bonds is 6. The van der Waals surface area contributed by atoms with Gasteiger partial charge in [0.2, 0.25) is 11.8 Å². The first-order valence-electron chi connectivity index (χ1n) is 8.58. The maximum absolute atomic E-state index is 11.3. The van der Waals surface area contributed by atoms with Crippen LogP contribution >= 0.6 is 0 Å². The summed E-state index contributed by atoms with van der Waals surface area (Å²) in [5.74, 6) is 0.00658. The molecule has 0 aliphatic heterocycles. The van der Waals surface area contributed by atoms with Gasteiger partial charge in [0, 0.05) is 12.0 Å². The molecule has 0 bridgehead atoms. The molecule has 0 unspecified atom stereocenters. The lowest BCUT2D eigenvalue weighted by Gasteiger charge is -2.27. The number of aryl methyl sites for hydroxylation is 1. The van der Waals surface area contributed by atoms with E-state index in [9.17, 15) is 9.90 Å². The third-order valence-electron chi connectivity index (χ3n) is 4.69. The molecule has 3 aromatic rings. The van der Waals surface area contributed by atoms with Gasteiger partial charge in [-0.25, -0.2) is 10.5 Å². The fourth-order valence-corrected chi connectivity index (χ4v) is 2.98. The molecule has 6 nitrogen and oxygen atoms in total. The van der Waals surface area contributed by atoms with Gasteiger partial charge in [0.25, 0.3) is 0 Å². The second-order valence-corrected chi connectivity index (χ2v) is 6.49. The highest BCUT2D eigenvalue weighted by molar-refractivity contribution is 5.77. The van der Waals surface area contributed by atoms with Gasteiger partial charge in [-0.1, -0.05) is 25.1 Å². The Morgan fingerprint density at radius 1 is 1.23 bits per heavy atom. The lowest BCUT2D eigenvalue weighted by Crippen LogP contribution is -2.28. The van der Waals surface area contributed by atoms with Crippen LogP contribution in [-0.4, -0.2) is 21.2 Å². The van der Waals surface area contributed by atoms with E-state index in [0.29, 0.717) is 17.9 Å². The Morgan fingerprint density at radius 3 is 2.62 bits per heavy atom. The minimum absolute atomic E-state index is 0.0348. The summed E-state index contributed by atoms with van der Waals surface area (Å²) in [5.41, 5.74) is 4.63. The van der Waals surface area contributed by atoms with Crippen LogP contribution in [0.5, 0.6) is 0 Å². The molecule has 136 valence electrons. The van der Waals surface area contributed by atoms with E-state index in [1.54, 1.807) is 5.48 Å². The molecular formula is C20H22N2O4. The summed E-state index contributed by atoms with van der Waals surface area (Å²) in [7, 11) is 0. The number of nitrogens with one attached hydrogen (secondary N) is 1. The maximum atomic E-state index is 11.3. The van der Waals surface area contributed by atoms with E-state index in [-0.39, 0.29) is 12.8 Å². The van der Waals surface area contributed by atoms with Crippen LogP contribution in [-0.2, 0) is 10.4 Å². The van der Waals surface area contributed by atoms with Crippen molar-refractivity contribution in [1.29, 1.82) is 0 Å². The van der Waals surface area contributed by atoms with Crippen molar-refractivity contribution in [2.45, 2.75) is 38.7 Å². The summed E-state index contributed by atoms with van der Waals surface area (Å²) >= 11 is 0. The monoisotopic (exact) mass is 354 g/mol. The standard InChI is InChI=1S/C20H22N2O4/c1-3-20(24,11-10-18(23)22-25)15-7-5-14(6-8-15)19-21-16-9-4-13(2)12-17(16)26-19/h4-9,12,24-25H,3,10-11H2,1-2H3,(H,22,23)/t20-/m1/s1. The highest BCUT2D eigenvalue weighted by atomic mass is 16.5. The number of carbonyl (C=O) groups excluding carboxylic acids is 1. The lowest BCUT2D eigenvalue weighted by atomic mass is 9.86. The summed E-state index contributed by atoms with van der Waals surface area (Å²) in [6, 6.07) is 13.2. The highest BCUT2D eigenvalue weighted by Crippen LogP contribution is 2.32. The van der Waals surface area contributed by atoms with E-state index >= 15 is 0 Å². The lowest BCUT2D eigenvalue weighted by molar-refractivity contribution is -0.130. The number of fused-ring (bicyclic) bond motifs is 1. The number of oxazole rings is 1. The van der Waals surface area contributed by atoms with Crippen LogP contribution in [0.1, 0.15) is 37.3 Å². The number of benzene rings is 2. The van der Waals surface area contributed by atoms with Gasteiger partial charge in [-0.3, -0.25) is 10.0 Å². The van der Waals surface area contributed by atoms with E-state index in [4.69, 9.17) is 9.62 Å². The first kappa shape index (κ1) is 18.1. The van der Waals surface area contributed by atoms with Gasteiger partial charge >= 0.3 is 0 Å². The molecular weight excluding hydrogens is 332 g/mol. The zero-order valence-corrected chi connectivity index (χ0v) is 14.8. The van der Waals surface area contributed by atoms with Gasteiger partial charge in [0.05, 0.1) is 5.60 Å². The fraction of sp³-hybridized carbons (Fsp3) is 0.300. The Morgan fingerprint density at radius 2 is 1.96 bits per heavy atom. The summed E-state index contributed by atoms with van der Waals surface area (Å²) < 4.78 is 5.83. The van der Waals surface area contributed by atoms with Crippen LogP contribution in [0.25, 0.3) is 22.6 Å². The van der Waals surface area contributed by atoms with E-state index in [2.05, 4.69) is 4.98 Å². The zero-order chi connectivity index (χ0) is 18.7. The molecule has 0 spiro atoms. The van der Waals surface area contributed by atoms with E-state index in [1.807, 2.05) is 56.3 Å². The molecule has 0 aliphatic rings. The van der Waals surface area contributed by atoms with E-state index < -0.39 is 11.5 Å². The second-order valence-electron chi connectivity index (χ2n) is 6.49. The average Bonchev–Trinajstić information content (AvgIpc) is 3.09. The molecule has 0 saturated heterocycles. The van der Waals surface area contributed by atoms with Crippen molar-refractivity contribution in [3.63, 3.8) is 0 Å². The largest absolute Gasteiger partial charge is 0.436 e. The molecule has 2 aromatic carbocycles. The van der Waals surface area contributed by atoms with Gasteiger partial charge < -0.3 is 9.52 Å². The first-order valence-corrected chi connectivity index (χ1v) is 8.58. The molecule has 0 radical (unpaired) electrons.